The van der Waals surface area contributed by atoms with Crippen LogP contribution in [0.2, 0.25) is 0 Å². The van der Waals surface area contributed by atoms with Crippen molar-refractivity contribution in [1.82, 2.24) is 15.4 Å². The van der Waals surface area contributed by atoms with Crippen LogP contribution in [0.25, 0.3) is 0 Å². The molecule has 1 N–H and O–H groups in total. The predicted molar refractivity (Wildman–Crippen MR) is 83.2 cm³/mol. The van der Waals surface area contributed by atoms with Gasteiger partial charge in [0.15, 0.2) is 5.76 Å². The first kappa shape index (κ1) is 13.5. The van der Waals surface area contributed by atoms with E-state index in [1.165, 1.54) is 18.4 Å². The van der Waals surface area contributed by atoms with E-state index in [0.29, 0.717) is 12.1 Å². The fourth-order valence-corrected chi connectivity index (χ4v) is 3.99. The van der Waals surface area contributed by atoms with Gasteiger partial charge in [0.25, 0.3) is 0 Å². The molecule has 112 valence electrons. The van der Waals surface area contributed by atoms with Gasteiger partial charge in [-0.1, -0.05) is 5.16 Å². The molecule has 2 aromatic rings. The third-order valence-corrected chi connectivity index (χ3v) is 5.52. The van der Waals surface area contributed by atoms with E-state index in [1.807, 2.05) is 11.3 Å². The minimum absolute atomic E-state index is 0.470. The quantitative estimate of drug-likeness (QED) is 0.921. The fraction of sp³-hybridized carbons (Fsp3) is 0.562. The lowest BCUT2D eigenvalue weighted by Gasteiger charge is -2.32. The predicted octanol–water partition coefficient (Wildman–Crippen LogP) is 3.11. The summed E-state index contributed by atoms with van der Waals surface area (Å²) < 4.78 is 5.51. The molecule has 1 fully saturated rings. The Balaban J connectivity index is 1.39. The van der Waals surface area contributed by atoms with Crippen LogP contribution in [-0.4, -0.2) is 22.6 Å². The van der Waals surface area contributed by atoms with Gasteiger partial charge in [-0.15, -0.1) is 11.3 Å². The van der Waals surface area contributed by atoms with Crippen molar-refractivity contribution in [3.05, 3.63) is 39.4 Å². The molecule has 0 bridgehead atoms. The van der Waals surface area contributed by atoms with Gasteiger partial charge >= 0.3 is 0 Å². The molecule has 21 heavy (non-hydrogen) atoms. The standard InChI is InChI=1S/C16H21N3OS/c1-11-15-5-7-21-16(15)4-6-19(11)10-14-8-13(18-20-14)9-17-12-2-3-12/h5,7-8,11-12,17H,2-4,6,9-10H2,1H3. The van der Waals surface area contributed by atoms with Gasteiger partial charge in [0, 0.05) is 36.1 Å². The number of hydrogen-bond donors (Lipinski definition) is 1. The lowest BCUT2D eigenvalue weighted by atomic mass is 10.0. The summed E-state index contributed by atoms with van der Waals surface area (Å²) in [6.07, 6.45) is 3.76. The summed E-state index contributed by atoms with van der Waals surface area (Å²) in [6.45, 7) is 5.08. The minimum atomic E-state index is 0.470. The Bertz CT molecular complexity index is 617. The lowest BCUT2D eigenvalue weighted by molar-refractivity contribution is 0.170. The van der Waals surface area contributed by atoms with E-state index >= 15 is 0 Å². The first-order valence-electron chi connectivity index (χ1n) is 7.78. The summed E-state index contributed by atoms with van der Waals surface area (Å²) >= 11 is 1.89. The molecule has 1 saturated carbocycles. The highest BCUT2D eigenvalue weighted by atomic mass is 32.1. The average Bonchev–Trinajstić information content (AvgIpc) is 3.00. The molecule has 4 nitrogen and oxygen atoms in total. The monoisotopic (exact) mass is 303 g/mol. The van der Waals surface area contributed by atoms with Crippen LogP contribution in [0.15, 0.2) is 22.0 Å². The van der Waals surface area contributed by atoms with E-state index in [9.17, 15) is 0 Å². The van der Waals surface area contributed by atoms with E-state index in [4.69, 9.17) is 4.52 Å². The molecule has 1 atom stereocenters. The summed E-state index contributed by atoms with van der Waals surface area (Å²) in [5, 5.41) is 9.86. The first-order valence-corrected chi connectivity index (χ1v) is 8.66. The fourth-order valence-electron chi connectivity index (χ4n) is 3.03. The van der Waals surface area contributed by atoms with Crippen LogP contribution in [0.5, 0.6) is 0 Å². The smallest absolute Gasteiger partial charge is 0.151 e. The van der Waals surface area contributed by atoms with E-state index in [0.717, 1.165) is 37.5 Å². The Hall–Kier alpha value is -1.17. The van der Waals surface area contributed by atoms with Crippen LogP contribution in [0.1, 0.15) is 47.7 Å². The number of thiophene rings is 1. The van der Waals surface area contributed by atoms with Crippen LogP contribution >= 0.6 is 11.3 Å². The molecule has 0 radical (unpaired) electrons. The third kappa shape index (κ3) is 2.91. The van der Waals surface area contributed by atoms with Gasteiger partial charge in [0.05, 0.1) is 12.2 Å². The SMILES string of the molecule is CC1c2ccsc2CCN1Cc1cc(CNC2CC2)no1. The maximum atomic E-state index is 5.51. The summed E-state index contributed by atoms with van der Waals surface area (Å²) in [4.78, 5) is 4.03. The van der Waals surface area contributed by atoms with Crippen molar-refractivity contribution in [1.29, 1.82) is 0 Å². The highest BCUT2D eigenvalue weighted by Crippen LogP contribution is 2.33. The Morgan fingerprint density at radius 1 is 1.48 bits per heavy atom. The zero-order valence-electron chi connectivity index (χ0n) is 12.3. The highest BCUT2D eigenvalue weighted by molar-refractivity contribution is 7.10. The molecule has 0 spiro atoms. The topological polar surface area (TPSA) is 41.3 Å². The summed E-state index contributed by atoms with van der Waals surface area (Å²) in [7, 11) is 0. The molecule has 1 aliphatic carbocycles. The van der Waals surface area contributed by atoms with Crippen molar-refractivity contribution < 1.29 is 4.52 Å². The Labute approximate surface area is 129 Å². The molecule has 3 heterocycles. The molecule has 2 aliphatic rings. The summed E-state index contributed by atoms with van der Waals surface area (Å²) in [5.74, 6) is 0.980. The first-order chi connectivity index (χ1) is 10.3. The number of nitrogens with zero attached hydrogens (tertiary/aromatic N) is 2. The van der Waals surface area contributed by atoms with Gasteiger partial charge in [-0.25, -0.2) is 0 Å². The third-order valence-electron chi connectivity index (χ3n) is 4.52. The van der Waals surface area contributed by atoms with E-state index in [-0.39, 0.29) is 0 Å². The Kier molecular flexibility index (Phi) is 3.57. The molecule has 0 amide bonds. The molecule has 2 aromatic heterocycles. The van der Waals surface area contributed by atoms with Crippen molar-refractivity contribution in [2.24, 2.45) is 0 Å². The number of hydrogen-bond acceptors (Lipinski definition) is 5. The molecule has 0 aromatic carbocycles. The Morgan fingerprint density at radius 3 is 3.24 bits per heavy atom. The van der Waals surface area contributed by atoms with E-state index in [2.05, 4.69) is 39.8 Å². The van der Waals surface area contributed by atoms with Crippen LogP contribution in [0.3, 0.4) is 0 Å². The van der Waals surface area contributed by atoms with Gasteiger partial charge < -0.3 is 9.84 Å². The van der Waals surface area contributed by atoms with Gasteiger partial charge in [0.2, 0.25) is 0 Å². The van der Waals surface area contributed by atoms with Crippen molar-refractivity contribution in [2.45, 2.75) is 51.4 Å². The summed E-state index contributed by atoms with van der Waals surface area (Å²) in [5.41, 5.74) is 2.51. The molecule has 1 aliphatic heterocycles. The van der Waals surface area contributed by atoms with Crippen molar-refractivity contribution >= 4 is 11.3 Å². The molecule has 5 heteroatoms. The second-order valence-corrected chi connectivity index (χ2v) is 7.14. The number of rotatable bonds is 5. The van der Waals surface area contributed by atoms with Gasteiger partial charge in [-0.2, -0.15) is 0 Å². The second kappa shape index (κ2) is 5.55. The zero-order valence-corrected chi connectivity index (χ0v) is 13.2. The van der Waals surface area contributed by atoms with Crippen LogP contribution < -0.4 is 5.32 Å². The summed E-state index contributed by atoms with van der Waals surface area (Å²) in [6, 6.07) is 5.55. The Morgan fingerprint density at radius 2 is 2.38 bits per heavy atom. The normalized spacial score (nSPS) is 22.4. The van der Waals surface area contributed by atoms with Crippen LogP contribution in [0, 0.1) is 0 Å². The van der Waals surface area contributed by atoms with E-state index < -0.39 is 0 Å². The minimum Gasteiger partial charge on any atom is -0.360 e. The molecule has 1 unspecified atom stereocenters. The van der Waals surface area contributed by atoms with Crippen LogP contribution in [0.4, 0.5) is 0 Å². The molecular formula is C16H21N3OS. The van der Waals surface area contributed by atoms with Gasteiger partial charge in [0.1, 0.15) is 0 Å². The van der Waals surface area contributed by atoms with Crippen LogP contribution in [-0.2, 0) is 19.5 Å². The maximum absolute atomic E-state index is 5.51. The lowest BCUT2D eigenvalue weighted by Crippen LogP contribution is -2.32. The number of fused-ring (bicyclic) bond motifs is 1. The molecule has 4 rings (SSSR count). The van der Waals surface area contributed by atoms with Crippen molar-refractivity contribution in [2.75, 3.05) is 6.54 Å². The largest absolute Gasteiger partial charge is 0.360 e. The molecular weight excluding hydrogens is 282 g/mol. The molecule has 0 saturated heterocycles. The maximum Gasteiger partial charge on any atom is 0.151 e. The highest BCUT2D eigenvalue weighted by Gasteiger charge is 2.26. The van der Waals surface area contributed by atoms with Gasteiger partial charge in [-0.05, 0) is 43.2 Å². The average molecular weight is 303 g/mol. The number of nitrogens with one attached hydrogen (secondary N) is 1. The number of aromatic nitrogens is 1. The zero-order chi connectivity index (χ0) is 14.2. The second-order valence-electron chi connectivity index (χ2n) is 6.14. The van der Waals surface area contributed by atoms with Crippen molar-refractivity contribution in [3.8, 4) is 0 Å². The van der Waals surface area contributed by atoms with Crippen molar-refractivity contribution in [3.63, 3.8) is 0 Å². The van der Waals surface area contributed by atoms with Gasteiger partial charge in [-0.3, -0.25) is 4.90 Å². The van der Waals surface area contributed by atoms with E-state index in [1.54, 1.807) is 4.88 Å².